The van der Waals surface area contributed by atoms with Crippen LogP contribution in [0.25, 0.3) is 0 Å². The molecular formula is C21H19N3O5. The second kappa shape index (κ2) is 8.83. The number of hydrogen-bond donors (Lipinski definition) is 1. The third-order valence-corrected chi connectivity index (χ3v) is 4.38. The Labute approximate surface area is 166 Å². The monoisotopic (exact) mass is 393 g/mol. The standard InChI is InChI=1S/C21H19N3O5/c1-29-18-10-7-16(8-11-18)21(15-5-3-2-4-6-15)22-19(25)14-23-13-17(24(27)28)9-12-20(23)26/h2-13,21H,14H2,1H3,(H,22,25). The van der Waals surface area contributed by atoms with Crippen molar-refractivity contribution in [1.82, 2.24) is 9.88 Å². The smallest absolute Gasteiger partial charge is 0.285 e. The van der Waals surface area contributed by atoms with Gasteiger partial charge in [-0.2, -0.15) is 0 Å². The Bertz CT molecular complexity index is 1060. The van der Waals surface area contributed by atoms with E-state index in [1.54, 1.807) is 19.2 Å². The summed E-state index contributed by atoms with van der Waals surface area (Å²) < 4.78 is 6.20. The van der Waals surface area contributed by atoms with Crippen LogP contribution in [0.3, 0.4) is 0 Å². The Morgan fingerprint density at radius 1 is 1.07 bits per heavy atom. The van der Waals surface area contributed by atoms with Crippen molar-refractivity contribution < 1.29 is 14.5 Å². The van der Waals surface area contributed by atoms with Gasteiger partial charge in [-0.05, 0) is 23.3 Å². The van der Waals surface area contributed by atoms with E-state index >= 15 is 0 Å². The van der Waals surface area contributed by atoms with E-state index in [2.05, 4.69) is 5.32 Å². The highest BCUT2D eigenvalue weighted by Crippen LogP contribution is 2.24. The SMILES string of the molecule is COc1ccc(C(NC(=O)Cn2cc([N+](=O)[O-])ccc2=O)c2ccccc2)cc1. The van der Waals surface area contributed by atoms with Crippen molar-refractivity contribution >= 4 is 11.6 Å². The normalized spacial score (nSPS) is 11.5. The van der Waals surface area contributed by atoms with Gasteiger partial charge >= 0.3 is 0 Å². The van der Waals surface area contributed by atoms with E-state index in [0.717, 1.165) is 34.0 Å². The van der Waals surface area contributed by atoms with Crippen molar-refractivity contribution in [2.75, 3.05) is 7.11 Å². The molecule has 0 aliphatic rings. The molecule has 8 heteroatoms. The number of aromatic nitrogens is 1. The second-order valence-corrected chi connectivity index (χ2v) is 6.29. The molecule has 0 bridgehead atoms. The summed E-state index contributed by atoms with van der Waals surface area (Å²) in [5.41, 5.74) is 0.938. The van der Waals surface area contributed by atoms with E-state index in [1.165, 1.54) is 0 Å². The number of pyridine rings is 1. The number of nitrogens with zero attached hydrogens (tertiary/aromatic N) is 2. The molecule has 0 radical (unpaired) electrons. The maximum atomic E-state index is 12.7. The van der Waals surface area contributed by atoms with Gasteiger partial charge in [-0.15, -0.1) is 0 Å². The first-order valence-electron chi connectivity index (χ1n) is 8.81. The van der Waals surface area contributed by atoms with E-state index in [4.69, 9.17) is 4.74 Å². The van der Waals surface area contributed by atoms with Gasteiger partial charge < -0.3 is 10.1 Å². The number of nitrogens with one attached hydrogen (secondary N) is 1. The van der Waals surface area contributed by atoms with Gasteiger partial charge in [-0.3, -0.25) is 24.3 Å². The minimum Gasteiger partial charge on any atom is -0.497 e. The van der Waals surface area contributed by atoms with Crippen LogP contribution in [-0.4, -0.2) is 22.5 Å². The van der Waals surface area contributed by atoms with Gasteiger partial charge in [0.05, 0.1) is 24.3 Å². The molecule has 148 valence electrons. The van der Waals surface area contributed by atoms with Gasteiger partial charge in [0.15, 0.2) is 0 Å². The van der Waals surface area contributed by atoms with Crippen molar-refractivity contribution in [3.63, 3.8) is 0 Å². The minimum atomic E-state index is -0.613. The van der Waals surface area contributed by atoms with Crippen LogP contribution < -0.4 is 15.6 Å². The van der Waals surface area contributed by atoms with Crippen LogP contribution in [0.5, 0.6) is 5.75 Å². The van der Waals surface area contributed by atoms with Crippen LogP contribution in [-0.2, 0) is 11.3 Å². The molecule has 2 aromatic carbocycles. The number of carbonyl (C=O) groups is 1. The van der Waals surface area contributed by atoms with Gasteiger partial charge in [0.1, 0.15) is 12.3 Å². The zero-order chi connectivity index (χ0) is 20.8. The number of amides is 1. The molecule has 3 aromatic rings. The summed E-state index contributed by atoms with van der Waals surface area (Å²) in [5, 5.41) is 13.8. The Morgan fingerprint density at radius 3 is 2.34 bits per heavy atom. The summed E-state index contributed by atoms with van der Waals surface area (Å²) in [6.07, 6.45) is 1.06. The number of nitro groups is 1. The van der Waals surface area contributed by atoms with Crippen LogP contribution in [0.1, 0.15) is 17.2 Å². The molecule has 1 atom stereocenters. The predicted molar refractivity (Wildman–Crippen MR) is 107 cm³/mol. The average molecular weight is 393 g/mol. The lowest BCUT2D eigenvalue weighted by molar-refractivity contribution is -0.385. The fourth-order valence-electron chi connectivity index (χ4n) is 2.91. The maximum absolute atomic E-state index is 12.7. The average Bonchev–Trinajstić information content (AvgIpc) is 2.74. The molecule has 1 N–H and O–H groups in total. The molecule has 29 heavy (non-hydrogen) atoms. The number of methoxy groups -OCH3 is 1. The first-order chi connectivity index (χ1) is 14.0. The number of rotatable bonds is 7. The topological polar surface area (TPSA) is 103 Å². The molecule has 8 nitrogen and oxygen atoms in total. The summed E-state index contributed by atoms with van der Waals surface area (Å²) in [4.78, 5) is 34.9. The molecule has 0 saturated heterocycles. The summed E-state index contributed by atoms with van der Waals surface area (Å²) >= 11 is 0. The lowest BCUT2D eigenvalue weighted by Crippen LogP contribution is -2.35. The first kappa shape index (κ1) is 19.8. The maximum Gasteiger partial charge on any atom is 0.285 e. The molecule has 1 aromatic heterocycles. The number of ether oxygens (including phenoxy) is 1. The largest absolute Gasteiger partial charge is 0.497 e. The fourth-order valence-corrected chi connectivity index (χ4v) is 2.91. The lowest BCUT2D eigenvalue weighted by atomic mass is 9.98. The molecule has 1 unspecified atom stereocenters. The van der Waals surface area contributed by atoms with Gasteiger partial charge in [-0.25, -0.2) is 0 Å². The fraction of sp³-hybridized carbons (Fsp3) is 0.143. The van der Waals surface area contributed by atoms with Crippen molar-refractivity contribution in [2.24, 2.45) is 0 Å². The number of hydrogen-bond acceptors (Lipinski definition) is 5. The van der Waals surface area contributed by atoms with Crippen molar-refractivity contribution in [3.8, 4) is 5.75 Å². The zero-order valence-electron chi connectivity index (χ0n) is 15.6. The van der Waals surface area contributed by atoms with Crippen LogP contribution in [0.2, 0.25) is 0 Å². The Morgan fingerprint density at radius 2 is 1.72 bits per heavy atom. The van der Waals surface area contributed by atoms with Crippen LogP contribution in [0, 0.1) is 10.1 Å². The van der Waals surface area contributed by atoms with E-state index in [9.17, 15) is 19.7 Å². The summed E-state index contributed by atoms with van der Waals surface area (Å²) in [5.74, 6) is 0.243. The highest BCUT2D eigenvalue weighted by Gasteiger charge is 2.18. The van der Waals surface area contributed by atoms with Gasteiger partial charge in [-0.1, -0.05) is 42.5 Å². The van der Waals surface area contributed by atoms with E-state index < -0.39 is 22.4 Å². The predicted octanol–water partition coefficient (Wildman–Crippen LogP) is 2.67. The number of carbonyl (C=O) groups excluding carboxylic acids is 1. The van der Waals surface area contributed by atoms with Crippen LogP contribution >= 0.6 is 0 Å². The molecule has 0 spiro atoms. The first-order valence-corrected chi connectivity index (χ1v) is 8.81. The Hall–Kier alpha value is -3.94. The van der Waals surface area contributed by atoms with Gasteiger partial charge in [0.2, 0.25) is 5.91 Å². The molecule has 0 aliphatic carbocycles. The molecule has 1 heterocycles. The number of benzene rings is 2. The van der Waals surface area contributed by atoms with Crippen LogP contribution in [0.4, 0.5) is 5.69 Å². The van der Waals surface area contributed by atoms with E-state index in [1.807, 2.05) is 42.5 Å². The summed E-state index contributed by atoms with van der Waals surface area (Å²) in [6.45, 7) is -0.333. The molecule has 3 rings (SSSR count). The van der Waals surface area contributed by atoms with E-state index in [-0.39, 0.29) is 12.2 Å². The molecule has 0 aliphatic heterocycles. The van der Waals surface area contributed by atoms with Crippen LogP contribution in [0.15, 0.2) is 77.7 Å². The lowest BCUT2D eigenvalue weighted by Gasteiger charge is -2.20. The third-order valence-electron chi connectivity index (χ3n) is 4.38. The molecule has 0 fully saturated rings. The highest BCUT2D eigenvalue weighted by atomic mass is 16.6. The van der Waals surface area contributed by atoms with Crippen molar-refractivity contribution in [2.45, 2.75) is 12.6 Å². The quantitative estimate of drug-likeness (QED) is 0.491. The second-order valence-electron chi connectivity index (χ2n) is 6.29. The Balaban J connectivity index is 1.86. The summed E-state index contributed by atoms with van der Waals surface area (Å²) in [7, 11) is 1.57. The van der Waals surface area contributed by atoms with E-state index in [0.29, 0.717) is 5.75 Å². The van der Waals surface area contributed by atoms with Crippen molar-refractivity contribution in [1.29, 1.82) is 0 Å². The molecule has 0 saturated carbocycles. The van der Waals surface area contributed by atoms with Gasteiger partial charge in [0.25, 0.3) is 11.2 Å². The zero-order valence-corrected chi connectivity index (χ0v) is 15.6. The third kappa shape index (κ3) is 4.86. The molecular weight excluding hydrogens is 374 g/mol. The summed E-state index contributed by atoms with van der Waals surface area (Å²) in [6, 6.07) is 18.4. The van der Waals surface area contributed by atoms with Gasteiger partial charge in [0, 0.05) is 12.1 Å². The minimum absolute atomic E-state index is 0.257. The molecule has 1 amide bonds. The van der Waals surface area contributed by atoms with Crippen molar-refractivity contribution in [3.05, 3.63) is 105 Å². The highest BCUT2D eigenvalue weighted by molar-refractivity contribution is 5.77. The Kier molecular flexibility index (Phi) is 6.03.